The Morgan fingerprint density at radius 3 is 2.33 bits per heavy atom. The summed E-state index contributed by atoms with van der Waals surface area (Å²) in [5.41, 5.74) is 1.06. The van der Waals surface area contributed by atoms with E-state index in [0.717, 1.165) is 18.5 Å². The molecule has 0 amide bonds. The van der Waals surface area contributed by atoms with Crippen LogP contribution in [0.25, 0.3) is 0 Å². The van der Waals surface area contributed by atoms with E-state index >= 15 is 0 Å². The van der Waals surface area contributed by atoms with E-state index in [4.69, 9.17) is 0 Å². The van der Waals surface area contributed by atoms with Gasteiger partial charge in [0, 0.05) is 15.2 Å². The molecule has 0 aliphatic carbocycles. The molecule has 1 nitrogen and oxygen atoms in total. The Morgan fingerprint density at radius 1 is 1.14 bits per heavy atom. The molecule has 3 heteroatoms. The van der Waals surface area contributed by atoms with E-state index in [1.807, 2.05) is 23.5 Å². The number of halogens is 1. The van der Waals surface area contributed by atoms with Crippen LogP contribution in [0, 0.1) is 12.7 Å². The first kappa shape index (κ1) is 16.2. The van der Waals surface area contributed by atoms with Gasteiger partial charge in [-0.05, 0) is 49.7 Å². The number of hydrogen-bond acceptors (Lipinski definition) is 2. The fourth-order valence-electron chi connectivity index (χ4n) is 2.65. The molecule has 1 N–H and O–H groups in total. The third kappa shape index (κ3) is 3.72. The Labute approximate surface area is 131 Å². The van der Waals surface area contributed by atoms with Crippen LogP contribution in [0.3, 0.4) is 0 Å². The van der Waals surface area contributed by atoms with Crippen LogP contribution in [0.1, 0.15) is 48.6 Å². The number of benzene rings is 1. The molecule has 1 aromatic carbocycles. The van der Waals surface area contributed by atoms with Gasteiger partial charge in [-0.1, -0.05) is 32.9 Å². The normalized spacial score (nSPS) is 13.4. The summed E-state index contributed by atoms with van der Waals surface area (Å²) in [6.07, 6.45) is 1.10. The fourth-order valence-corrected chi connectivity index (χ4v) is 3.79. The Kier molecular flexibility index (Phi) is 5.17. The average Bonchev–Trinajstić information content (AvgIpc) is 2.86. The van der Waals surface area contributed by atoms with Gasteiger partial charge in [0.1, 0.15) is 5.82 Å². The summed E-state index contributed by atoms with van der Waals surface area (Å²) in [6.45, 7) is 9.74. The second-order valence-electron chi connectivity index (χ2n) is 6.06. The van der Waals surface area contributed by atoms with E-state index < -0.39 is 0 Å². The Balaban J connectivity index is 2.36. The van der Waals surface area contributed by atoms with Crippen molar-refractivity contribution >= 4 is 11.3 Å². The minimum absolute atomic E-state index is 0.0971. The molecule has 2 aromatic rings. The summed E-state index contributed by atoms with van der Waals surface area (Å²) in [7, 11) is 0. The molecular formula is C18H24FNS. The van der Waals surface area contributed by atoms with Crippen molar-refractivity contribution in [2.24, 2.45) is 0 Å². The Bertz CT molecular complexity index is 571. The van der Waals surface area contributed by atoms with Gasteiger partial charge in [0.25, 0.3) is 0 Å². The first-order chi connectivity index (χ1) is 9.95. The molecule has 0 aliphatic rings. The third-order valence-corrected chi connectivity index (χ3v) is 5.02. The molecule has 1 atom stereocenters. The van der Waals surface area contributed by atoms with E-state index in [9.17, 15) is 4.39 Å². The number of nitrogens with one attached hydrogen (secondary N) is 1. The molecule has 21 heavy (non-hydrogen) atoms. The lowest BCUT2D eigenvalue weighted by molar-refractivity contribution is 0.352. The van der Waals surface area contributed by atoms with Crippen molar-refractivity contribution in [3.05, 3.63) is 57.5 Å². The predicted molar refractivity (Wildman–Crippen MR) is 89.5 cm³/mol. The quantitative estimate of drug-likeness (QED) is 0.772. The van der Waals surface area contributed by atoms with Gasteiger partial charge in [0.2, 0.25) is 0 Å². The molecule has 0 saturated heterocycles. The third-order valence-electron chi connectivity index (χ3n) is 3.95. The highest BCUT2D eigenvalue weighted by Crippen LogP contribution is 2.39. The zero-order valence-electron chi connectivity index (χ0n) is 13.2. The van der Waals surface area contributed by atoms with Crippen molar-refractivity contribution in [3.63, 3.8) is 0 Å². The molecular weight excluding hydrogens is 281 g/mol. The lowest BCUT2D eigenvalue weighted by Crippen LogP contribution is -2.37. The number of hydrogen-bond donors (Lipinski definition) is 1. The van der Waals surface area contributed by atoms with Crippen molar-refractivity contribution in [1.82, 2.24) is 5.32 Å². The van der Waals surface area contributed by atoms with E-state index in [0.29, 0.717) is 0 Å². The standard InChI is InChI=1S/C18H24FNS/c1-5-12-20-17(16-11-6-13(2)21-16)18(3,4)14-7-9-15(19)10-8-14/h6-11,17,20H,5,12H2,1-4H3. The highest BCUT2D eigenvalue weighted by atomic mass is 32.1. The molecule has 0 aliphatic heterocycles. The maximum absolute atomic E-state index is 13.2. The van der Waals surface area contributed by atoms with Crippen LogP contribution in [-0.2, 0) is 5.41 Å². The maximum atomic E-state index is 13.2. The smallest absolute Gasteiger partial charge is 0.123 e. The molecule has 0 saturated carbocycles. The number of aryl methyl sites for hydroxylation is 1. The summed E-state index contributed by atoms with van der Waals surface area (Å²) < 4.78 is 13.2. The monoisotopic (exact) mass is 305 g/mol. The van der Waals surface area contributed by atoms with Gasteiger partial charge in [0.05, 0.1) is 6.04 Å². The highest BCUT2D eigenvalue weighted by molar-refractivity contribution is 7.12. The van der Waals surface area contributed by atoms with E-state index in [2.05, 4.69) is 45.1 Å². The van der Waals surface area contributed by atoms with Crippen LogP contribution in [0.15, 0.2) is 36.4 Å². The summed E-state index contributed by atoms with van der Waals surface area (Å²) in [6, 6.07) is 11.5. The van der Waals surface area contributed by atoms with Crippen LogP contribution in [0.4, 0.5) is 4.39 Å². The van der Waals surface area contributed by atoms with Crippen molar-refractivity contribution in [3.8, 4) is 0 Å². The second-order valence-corrected chi connectivity index (χ2v) is 7.38. The van der Waals surface area contributed by atoms with Crippen LogP contribution in [0.5, 0.6) is 0 Å². The maximum Gasteiger partial charge on any atom is 0.123 e. The van der Waals surface area contributed by atoms with Gasteiger partial charge in [-0.15, -0.1) is 11.3 Å². The first-order valence-electron chi connectivity index (χ1n) is 7.51. The molecule has 1 aromatic heterocycles. The van der Waals surface area contributed by atoms with E-state index in [1.165, 1.54) is 9.75 Å². The predicted octanol–water partition coefficient (Wildman–Crippen LogP) is 5.21. The van der Waals surface area contributed by atoms with Crippen molar-refractivity contribution < 1.29 is 4.39 Å². The lowest BCUT2D eigenvalue weighted by atomic mass is 9.77. The summed E-state index contributed by atoms with van der Waals surface area (Å²) >= 11 is 1.83. The van der Waals surface area contributed by atoms with Gasteiger partial charge >= 0.3 is 0 Å². The van der Waals surface area contributed by atoms with Crippen LogP contribution in [-0.4, -0.2) is 6.54 Å². The van der Waals surface area contributed by atoms with Gasteiger partial charge in [-0.2, -0.15) is 0 Å². The SMILES string of the molecule is CCCNC(c1ccc(C)s1)C(C)(C)c1ccc(F)cc1. The second kappa shape index (κ2) is 6.71. The highest BCUT2D eigenvalue weighted by Gasteiger charge is 2.33. The fraction of sp³-hybridized carbons (Fsp3) is 0.444. The van der Waals surface area contributed by atoms with E-state index in [1.54, 1.807) is 12.1 Å². The Hall–Kier alpha value is -1.19. The summed E-state index contributed by atoms with van der Waals surface area (Å²) in [5, 5.41) is 3.67. The molecule has 0 radical (unpaired) electrons. The zero-order valence-corrected chi connectivity index (χ0v) is 14.1. The van der Waals surface area contributed by atoms with E-state index in [-0.39, 0.29) is 17.3 Å². The lowest BCUT2D eigenvalue weighted by Gasteiger charge is -2.35. The van der Waals surface area contributed by atoms with Crippen molar-refractivity contribution in [2.45, 2.75) is 45.6 Å². The summed E-state index contributed by atoms with van der Waals surface area (Å²) in [5.74, 6) is -0.181. The minimum atomic E-state index is -0.181. The zero-order chi connectivity index (χ0) is 15.5. The minimum Gasteiger partial charge on any atom is -0.309 e. The largest absolute Gasteiger partial charge is 0.309 e. The summed E-state index contributed by atoms with van der Waals surface area (Å²) in [4.78, 5) is 2.67. The molecule has 1 unspecified atom stereocenters. The van der Waals surface area contributed by atoms with Crippen molar-refractivity contribution in [2.75, 3.05) is 6.54 Å². The van der Waals surface area contributed by atoms with Crippen LogP contribution < -0.4 is 5.32 Å². The first-order valence-corrected chi connectivity index (χ1v) is 8.32. The molecule has 114 valence electrons. The van der Waals surface area contributed by atoms with Crippen LogP contribution >= 0.6 is 11.3 Å². The van der Waals surface area contributed by atoms with Gasteiger partial charge in [0.15, 0.2) is 0 Å². The van der Waals surface area contributed by atoms with Gasteiger partial charge in [-0.3, -0.25) is 0 Å². The topological polar surface area (TPSA) is 12.0 Å². The number of rotatable bonds is 6. The van der Waals surface area contributed by atoms with Gasteiger partial charge < -0.3 is 5.32 Å². The molecule has 0 bridgehead atoms. The Morgan fingerprint density at radius 2 is 1.81 bits per heavy atom. The van der Waals surface area contributed by atoms with Gasteiger partial charge in [-0.25, -0.2) is 4.39 Å². The molecule has 2 rings (SSSR count). The van der Waals surface area contributed by atoms with Crippen LogP contribution in [0.2, 0.25) is 0 Å². The number of thiophene rings is 1. The molecule has 0 spiro atoms. The van der Waals surface area contributed by atoms with Crippen molar-refractivity contribution in [1.29, 1.82) is 0 Å². The molecule has 1 heterocycles. The molecule has 0 fully saturated rings. The average molecular weight is 305 g/mol.